The monoisotopic (exact) mass is 423 g/mol. The van der Waals surface area contributed by atoms with E-state index >= 15 is 0 Å². The first-order chi connectivity index (χ1) is 14.9. The zero-order valence-electron chi connectivity index (χ0n) is 18.0. The number of hydrogen-bond donors (Lipinski definition) is 0. The number of hydrogen-bond acceptors (Lipinski definition) is 6. The Bertz CT molecular complexity index is 1000. The molecule has 2 aromatic rings. The molecular formula is C24H25NO6. The van der Waals surface area contributed by atoms with E-state index in [1.54, 1.807) is 26.2 Å². The number of imide groups is 1. The van der Waals surface area contributed by atoms with Crippen LogP contribution in [0.5, 0.6) is 5.75 Å². The molecule has 162 valence electrons. The van der Waals surface area contributed by atoms with Crippen molar-refractivity contribution < 1.29 is 28.6 Å². The van der Waals surface area contributed by atoms with Gasteiger partial charge in [-0.05, 0) is 61.2 Å². The first kappa shape index (κ1) is 22.1. The maximum absolute atomic E-state index is 13.4. The minimum atomic E-state index is -0.798. The Labute approximate surface area is 181 Å². The highest BCUT2D eigenvalue weighted by molar-refractivity contribution is 6.22. The summed E-state index contributed by atoms with van der Waals surface area (Å²) in [6.07, 6.45) is 0.676. The Morgan fingerprint density at radius 3 is 2.39 bits per heavy atom. The third kappa shape index (κ3) is 4.60. The molecule has 1 aliphatic heterocycles. The Hall–Kier alpha value is -3.61. The lowest BCUT2D eigenvalue weighted by molar-refractivity contribution is -0.141. The molecule has 0 aromatic heterocycles. The molecule has 0 radical (unpaired) electrons. The summed E-state index contributed by atoms with van der Waals surface area (Å²) in [5.74, 6) is -0.888. The Kier molecular flexibility index (Phi) is 6.74. The lowest BCUT2D eigenvalue weighted by atomic mass is 9.98. The first-order valence-corrected chi connectivity index (χ1v) is 9.96. The summed E-state index contributed by atoms with van der Waals surface area (Å²) >= 11 is 0. The van der Waals surface area contributed by atoms with Crippen LogP contribution in [0.15, 0.2) is 48.0 Å². The zero-order chi connectivity index (χ0) is 22.5. The minimum absolute atomic E-state index is 0.0191. The molecule has 2 aromatic carbocycles. The number of nitrogens with zero attached hydrogens (tertiary/aromatic N) is 1. The van der Waals surface area contributed by atoms with Gasteiger partial charge in [-0.1, -0.05) is 30.3 Å². The van der Waals surface area contributed by atoms with Crippen molar-refractivity contribution in [1.82, 2.24) is 4.90 Å². The molecule has 1 saturated heterocycles. The fraction of sp³-hybridized carbons (Fsp3) is 0.292. The zero-order valence-corrected chi connectivity index (χ0v) is 18.0. The number of carbonyl (C=O) groups excluding carboxylic acids is 3. The topological polar surface area (TPSA) is 82.1 Å². The van der Waals surface area contributed by atoms with Crippen molar-refractivity contribution >= 4 is 24.0 Å². The van der Waals surface area contributed by atoms with Crippen LogP contribution in [0.4, 0.5) is 4.79 Å². The molecule has 0 aliphatic carbocycles. The highest BCUT2D eigenvalue weighted by Gasteiger charge is 2.41. The number of amides is 2. The van der Waals surface area contributed by atoms with Crippen molar-refractivity contribution in [2.45, 2.75) is 26.8 Å². The van der Waals surface area contributed by atoms with Crippen molar-refractivity contribution in [1.29, 1.82) is 0 Å². The number of benzene rings is 2. The van der Waals surface area contributed by atoms with E-state index in [-0.39, 0.29) is 18.8 Å². The van der Waals surface area contributed by atoms with Gasteiger partial charge in [0.05, 0.1) is 13.7 Å². The molecule has 0 spiro atoms. The number of cyclic esters (lactones) is 1. The molecule has 31 heavy (non-hydrogen) atoms. The molecular weight excluding hydrogens is 398 g/mol. The van der Waals surface area contributed by atoms with Crippen LogP contribution in [0.1, 0.15) is 35.2 Å². The summed E-state index contributed by atoms with van der Waals surface area (Å²) in [7, 11) is 1.57. The van der Waals surface area contributed by atoms with Crippen LogP contribution in [0.2, 0.25) is 0 Å². The summed E-state index contributed by atoms with van der Waals surface area (Å²) in [5, 5.41) is 0. The maximum Gasteiger partial charge on any atom is 0.417 e. The van der Waals surface area contributed by atoms with E-state index in [0.29, 0.717) is 11.3 Å². The summed E-state index contributed by atoms with van der Waals surface area (Å²) in [5.41, 5.74) is 2.81. The van der Waals surface area contributed by atoms with Crippen LogP contribution in [0, 0.1) is 13.8 Å². The number of carbonyl (C=O) groups is 3. The Morgan fingerprint density at radius 1 is 1.16 bits per heavy atom. The van der Waals surface area contributed by atoms with E-state index in [1.165, 1.54) is 6.08 Å². The predicted molar refractivity (Wildman–Crippen MR) is 114 cm³/mol. The minimum Gasteiger partial charge on any atom is -0.497 e. The van der Waals surface area contributed by atoms with E-state index in [2.05, 4.69) is 0 Å². The lowest BCUT2D eigenvalue weighted by Crippen LogP contribution is -2.37. The number of aryl methyl sites for hydroxylation is 2. The van der Waals surface area contributed by atoms with Crippen LogP contribution in [-0.2, 0) is 19.1 Å². The van der Waals surface area contributed by atoms with Gasteiger partial charge < -0.3 is 14.2 Å². The summed E-state index contributed by atoms with van der Waals surface area (Å²) in [4.78, 5) is 39.6. The van der Waals surface area contributed by atoms with E-state index in [9.17, 15) is 14.4 Å². The smallest absolute Gasteiger partial charge is 0.417 e. The molecule has 0 N–H and O–H groups in total. The van der Waals surface area contributed by atoms with Crippen LogP contribution in [0.3, 0.4) is 0 Å². The van der Waals surface area contributed by atoms with E-state index in [1.807, 2.05) is 44.2 Å². The van der Waals surface area contributed by atoms with Gasteiger partial charge in [0.25, 0.3) is 5.91 Å². The molecule has 1 fully saturated rings. The van der Waals surface area contributed by atoms with Crippen LogP contribution in [0.25, 0.3) is 6.08 Å². The van der Waals surface area contributed by atoms with Gasteiger partial charge >= 0.3 is 12.1 Å². The third-order valence-electron chi connectivity index (χ3n) is 5.09. The molecule has 2 amide bonds. The largest absolute Gasteiger partial charge is 0.497 e. The van der Waals surface area contributed by atoms with Crippen molar-refractivity contribution in [2.24, 2.45) is 0 Å². The standard InChI is InChI=1S/C24H25NO6/c1-5-30-23(27)20(13-19-15(2)11-18(29-4)12-16(19)3)22(26)25-21(14-31-24(25)28)17-9-7-6-8-10-17/h6-13,21H,5,14H2,1-4H3. The average Bonchev–Trinajstić information content (AvgIpc) is 3.14. The van der Waals surface area contributed by atoms with E-state index in [4.69, 9.17) is 14.2 Å². The number of rotatable bonds is 6. The normalized spacial score (nSPS) is 16.1. The maximum atomic E-state index is 13.4. The second kappa shape index (κ2) is 9.47. The van der Waals surface area contributed by atoms with Crippen LogP contribution < -0.4 is 4.74 Å². The highest BCUT2D eigenvalue weighted by Crippen LogP contribution is 2.31. The quantitative estimate of drug-likeness (QED) is 0.303. The number of esters is 1. The van der Waals surface area contributed by atoms with Crippen LogP contribution in [-0.4, -0.2) is 43.2 Å². The van der Waals surface area contributed by atoms with Crippen molar-refractivity contribution in [2.75, 3.05) is 20.3 Å². The summed E-state index contributed by atoms with van der Waals surface area (Å²) in [6.45, 7) is 5.47. The molecule has 1 atom stereocenters. The number of ether oxygens (including phenoxy) is 3. The van der Waals surface area contributed by atoms with Crippen molar-refractivity contribution in [3.05, 3.63) is 70.3 Å². The van der Waals surface area contributed by atoms with Gasteiger partial charge in [-0.3, -0.25) is 4.79 Å². The average molecular weight is 423 g/mol. The lowest BCUT2D eigenvalue weighted by Gasteiger charge is -2.21. The van der Waals surface area contributed by atoms with Gasteiger partial charge in [0.15, 0.2) is 0 Å². The Balaban J connectivity index is 2.07. The first-order valence-electron chi connectivity index (χ1n) is 9.96. The fourth-order valence-corrected chi connectivity index (χ4v) is 3.54. The predicted octanol–water partition coefficient (Wildman–Crippen LogP) is 3.98. The molecule has 1 heterocycles. The molecule has 7 nitrogen and oxygen atoms in total. The molecule has 0 bridgehead atoms. The van der Waals surface area contributed by atoms with Gasteiger partial charge in [0.1, 0.15) is 24.0 Å². The summed E-state index contributed by atoms with van der Waals surface area (Å²) < 4.78 is 15.5. The van der Waals surface area contributed by atoms with Gasteiger partial charge in [0.2, 0.25) is 0 Å². The SMILES string of the molecule is CCOC(=O)C(=Cc1c(C)cc(OC)cc1C)C(=O)N1C(=O)OCC1c1ccccc1. The molecule has 7 heteroatoms. The molecule has 1 unspecified atom stereocenters. The second-order valence-electron chi connectivity index (χ2n) is 7.13. The van der Waals surface area contributed by atoms with Gasteiger partial charge in [0, 0.05) is 0 Å². The van der Waals surface area contributed by atoms with Gasteiger partial charge in [-0.15, -0.1) is 0 Å². The Morgan fingerprint density at radius 2 is 1.81 bits per heavy atom. The highest BCUT2D eigenvalue weighted by atomic mass is 16.6. The van der Waals surface area contributed by atoms with E-state index in [0.717, 1.165) is 21.6 Å². The summed E-state index contributed by atoms with van der Waals surface area (Å²) in [6, 6.07) is 12.1. The number of methoxy groups -OCH3 is 1. The fourth-order valence-electron chi connectivity index (χ4n) is 3.54. The second-order valence-corrected chi connectivity index (χ2v) is 7.13. The van der Waals surface area contributed by atoms with E-state index < -0.39 is 24.0 Å². The molecule has 0 saturated carbocycles. The molecule has 3 rings (SSSR count). The van der Waals surface area contributed by atoms with Gasteiger partial charge in [-0.2, -0.15) is 0 Å². The van der Waals surface area contributed by atoms with Crippen molar-refractivity contribution in [3.8, 4) is 5.75 Å². The third-order valence-corrected chi connectivity index (χ3v) is 5.09. The van der Waals surface area contributed by atoms with Gasteiger partial charge in [-0.25, -0.2) is 14.5 Å². The van der Waals surface area contributed by atoms with Crippen molar-refractivity contribution in [3.63, 3.8) is 0 Å². The molecule has 1 aliphatic rings. The van der Waals surface area contributed by atoms with Crippen LogP contribution >= 0.6 is 0 Å².